The number of halogens is 1. The molecule has 0 saturated heterocycles. The lowest BCUT2D eigenvalue weighted by Gasteiger charge is -2.24. The van der Waals surface area contributed by atoms with Crippen LogP contribution >= 0.6 is 23.7 Å². The lowest BCUT2D eigenvalue weighted by molar-refractivity contribution is 0.0978. The van der Waals surface area contributed by atoms with E-state index in [1.807, 2.05) is 49.7 Å². The van der Waals surface area contributed by atoms with Gasteiger partial charge in [-0.25, -0.2) is 4.98 Å². The van der Waals surface area contributed by atoms with Gasteiger partial charge in [0.2, 0.25) is 0 Å². The Morgan fingerprint density at radius 1 is 1.16 bits per heavy atom. The number of hydrogen-bond acceptors (Lipinski definition) is 6. The first-order chi connectivity index (χ1) is 14.5. The standard InChI is InChI=1S/C22H31N5O2S.ClH/c1-6-25(7-2)13-14-26(21(28)17-15-16(5)27(8-3)24-17)22-23-20-18(29-9-4)11-10-12-19(20)30-22;/h10-12,15H,6-9,13-14H2,1-5H3;1H. The van der Waals surface area contributed by atoms with Gasteiger partial charge in [0.05, 0.1) is 11.3 Å². The molecule has 0 atom stereocenters. The molecule has 2 aromatic heterocycles. The molecule has 0 spiro atoms. The first kappa shape index (κ1) is 25.1. The van der Waals surface area contributed by atoms with Crippen molar-refractivity contribution in [2.45, 2.75) is 41.2 Å². The molecule has 0 saturated carbocycles. The van der Waals surface area contributed by atoms with E-state index in [1.165, 1.54) is 11.3 Å². The second-order valence-electron chi connectivity index (χ2n) is 7.00. The number of fused-ring (bicyclic) bond motifs is 1. The van der Waals surface area contributed by atoms with Crippen LogP contribution in [0.15, 0.2) is 24.3 Å². The molecule has 3 rings (SSSR count). The molecule has 0 aliphatic carbocycles. The molecule has 0 aliphatic rings. The molecule has 7 nitrogen and oxygen atoms in total. The fourth-order valence-electron chi connectivity index (χ4n) is 3.44. The topological polar surface area (TPSA) is 63.5 Å². The summed E-state index contributed by atoms with van der Waals surface area (Å²) in [5, 5.41) is 5.19. The largest absolute Gasteiger partial charge is 0.492 e. The summed E-state index contributed by atoms with van der Waals surface area (Å²) in [6.45, 7) is 14.7. The normalized spacial score (nSPS) is 11.0. The summed E-state index contributed by atoms with van der Waals surface area (Å²) in [6, 6.07) is 7.75. The van der Waals surface area contributed by atoms with Crippen LogP contribution in [0.3, 0.4) is 0 Å². The third kappa shape index (κ3) is 5.56. The Balaban J connectivity index is 0.00000341. The van der Waals surface area contributed by atoms with Crippen molar-refractivity contribution in [1.82, 2.24) is 19.7 Å². The Bertz CT molecular complexity index is 999. The minimum absolute atomic E-state index is 0. The molecule has 2 heterocycles. The zero-order valence-electron chi connectivity index (χ0n) is 18.9. The number of ether oxygens (including phenoxy) is 1. The number of hydrogen-bond donors (Lipinski definition) is 0. The van der Waals surface area contributed by atoms with E-state index in [0.29, 0.717) is 24.0 Å². The third-order valence-electron chi connectivity index (χ3n) is 5.18. The van der Waals surface area contributed by atoms with E-state index in [9.17, 15) is 4.79 Å². The monoisotopic (exact) mass is 465 g/mol. The number of carbonyl (C=O) groups excluding carboxylic acids is 1. The fraction of sp³-hybridized carbons (Fsp3) is 0.500. The van der Waals surface area contributed by atoms with Crippen LogP contribution in [0.1, 0.15) is 43.9 Å². The highest BCUT2D eigenvalue weighted by Gasteiger charge is 2.25. The number of thiazole rings is 1. The Hall–Kier alpha value is -2.16. The molecular weight excluding hydrogens is 434 g/mol. The first-order valence-electron chi connectivity index (χ1n) is 10.6. The Labute approximate surface area is 194 Å². The number of benzene rings is 1. The van der Waals surface area contributed by atoms with Gasteiger partial charge >= 0.3 is 0 Å². The zero-order chi connectivity index (χ0) is 21.7. The Kier molecular flexibility index (Phi) is 9.28. The van der Waals surface area contributed by atoms with E-state index >= 15 is 0 Å². The second kappa shape index (κ2) is 11.5. The lowest BCUT2D eigenvalue weighted by atomic mass is 10.3. The summed E-state index contributed by atoms with van der Waals surface area (Å²) in [5.41, 5.74) is 2.24. The maximum atomic E-state index is 13.5. The number of amides is 1. The highest BCUT2D eigenvalue weighted by molar-refractivity contribution is 7.22. The van der Waals surface area contributed by atoms with Crippen molar-refractivity contribution in [2.75, 3.05) is 37.7 Å². The predicted molar refractivity (Wildman–Crippen MR) is 130 cm³/mol. The number of nitrogens with zero attached hydrogens (tertiary/aromatic N) is 5. The number of aromatic nitrogens is 3. The van der Waals surface area contributed by atoms with Gasteiger partial charge in [-0.05, 0) is 52.1 Å². The molecule has 31 heavy (non-hydrogen) atoms. The number of aryl methyl sites for hydroxylation is 2. The minimum Gasteiger partial charge on any atom is -0.492 e. The predicted octanol–water partition coefficient (Wildman–Crippen LogP) is 4.63. The van der Waals surface area contributed by atoms with Gasteiger partial charge in [0.1, 0.15) is 11.3 Å². The van der Waals surface area contributed by atoms with Crippen LogP contribution < -0.4 is 9.64 Å². The van der Waals surface area contributed by atoms with Crippen molar-refractivity contribution in [2.24, 2.45) is 0 Å². The van der Waals surface area contributed by atoms with Crippen LogP contribution in [0.2, 0.25) is 0 Å². The molecule has 0 aliphatic heterocycles. The van der Waals surface area contributed by atoms with E-state index in [1.54, 1.807) is 4.90 Å². The van der Waals surface area contributed by atoms with Crippen molar-refractivity contribution < 1.29 is 9.53 Å². The Morgan fingerprint density at radius 2 is 1.90 bits per heavy atom. The van der Waals surface area contributed by atoms with Crippen LogP contribution in [0, 0.1) is 6.92 Å². The smallest absolute Gasteiger partial charge is 0.280 e. The maximum absolute atomic E-state index is 13.5. The third-order valence-corrected chi connectivity index (χ3v) is 6.22. The molecule has 1 amide bonds. The van der Waals surface area contributed by atoms with Crippen LogP contribution in [0.5, 0.6) is 5.75 Å². The summed E-state index contributed by atoms with van der Waals surface area (Å²) < 4.78 is 8.60. The maximum Gasteiger partial charge on any atom is 0.280 e. The fourth-order valence-corrected chi connectivity index (χ4v) is 4.44. The average molecular weight is 466 g/mol. The van der Waals surface area contributed by atoms with E-state index in [-0.39, 0.29) is 18.3 Å². The highest BCUT2D eigenvalue weighted by atomic mass is 35.5. The zero-order valence-corrected chi connectivity index (χ0v) is 20.6. The van der Waals surface area contributed by atoms with Gasteiger partial charge in [-0.3, -0.25) is 14.4 Å². The molecule has 0 unspecified atom stereocenters. The molecule has 0 fully saturated rings. The molecule has 3 aromatic rings. The molecule has 9 heteroatoms. The number of carbonyl (C=O) groups is 1. The molecular formula is C22H32ClN5O2S. The summed E-state index contributed by atoms with van der Waals surface area (Å²) in [7, 11) is 0. The first-order valence-corrected chi connectivity index (χ1v) is 11.4. The van der Waals surface area contributed by atoms with Crippen molar-refractivity contribution in [3.8, 4) is 5.75 Å². The summed E-state index contributed by atoms with van der Waals surface area (Å²) in [6.07, 6.45) is 0. The van der Waals surface area contributed by atoms with Crippen LogP contribution in [0.25, 0.3) is 10.2 Å². The quantitative estimate of drug-likeness (QED) is 0.436. The molecule has 0 N–H and O–H groups in total. The van der Waals surface area contributed by atoms with Gasteiger partial charge in [-0.15, -0.1) is 12.4 Å². The summed E-state index contributed by atoms with van der Waals surface area (Å²) >= 11 is 1.51. The molecule has 170 valence electrons. The number of anilines is 1. The molecule has 0 bridgehead atoms. The van der Waals surface area contributed by atoms with Crippen LogP contribution in [-0.2, 0) is 6.54 Å². The van der Waals surface area contributed by atoms with E-state index in [4.69, 9.17) is 9.72 Å². The summed E-state index contributed by atoms with van der Waals surface area (Å²) in [4.78, 5) is 22.3. The number of likely N-dealkylation sites (N-methyl/N-ethyl adjacent to an activating group) is 1. The van der Waals surface area contributed by atoms with E-state index in [0.717, 1.165) is 47.8 Å². The average Bonchev–Trinajstić information content (AvgIpc) is 3.35. The van der Waals surface area contributed by atoms with E-state index < -0.39 is 0 Å². The molecule has 1 aromatic carbocycles. The highest BCUT2D eigenvalue weighted by Crippen LogP contribution is 2.34. The van der Waals surface area contributed by atoms with Crippen LogP contribution in [0.4, 0.5) is 5.13 Å². The number of para-hydroxylation sites is 1. The van der Waals surface area contributed by atoms with Crippen molar-refractivity contribution in [3.63, 3.8) is 0 Å². The lowest BCUT2D eigenvalue weighted by Crippen LogP contribution is -2.39. The van der Waals surface area contributed by atoms with Gasteiger partial charge in [0.25, 0.3) is 5.91 Å². The van der Waals surface area contributed by atoms with E-state index in [2.05, 4.69) is 23.8 Å². The van der Waals surface area contributed by atoms with Crippen molar-refractivity contribution >= 4 is 45.0 Å². The Morgan fingerprint density at radius 3 is 2.52 bits per heavy atom. The molecule has 0 radical (unpaired) electrons. The number of rotatable bonds is 10. The second-order valence-corrected chi connectivity index (χ2v) is 8.01. The van der Waals surface area contributed by atoms with Crippen molar-refractivity contribution in [1.29, 1.82) is 0 Å². The van der Waals surface area contributed by atoms with Gasteiger partial charge in [0, 0.05) is 25.3 Å². The van der Waals surface area contributed by atoms with Gasteiger partial charge in [-0.1, -0.05) is 31.3 Å². The van der Waals surface area contributed by atoms with Gasteiger partial charge in [-0.2, -0.15) is 5.10 Å². The van der Waals surface area contributed by atoms with Crippen LogP contribution in [-0.4, -0.2) is 58.4 Å². The SMILES string of the molecule is CCOc1cccc2sc(N(CCN(CC)CC)C(=O)c3cc(C)n(CC)n3)nc12.Cl. The van der Waals surface area contributed by atoms with Crippen molar-refractivity contribution in [3.05, 3.63) is 35.7 Å². The van der Waals surface area contributed by atoms with Gasteiger partial charge in [0.15, 0.2) is 10.8 Å². The summed E-state index contributed by atoms with van der Waals surface area (Å²) in [5.74, 6) is 0.634. The minimum atomic E-state index is -0.116. The van der Waals surface area contributed by atoms with Gasteiger partial charge < -0.3 is 9.64 Å².